The minimum Gasteiger partial charge on any atom is -0.396 e. The summed E-state index contributed by atoms with van der Waals surface area (Å²) in [7, 11) is 0. The Balaban J connectivity index is 1.89. The van der Waals surface area contributed by atoms with E-state index in [1.807, 2.05) is 18.2 Å². The molecule has 0 aliphatic carbocycles. The molecule has 5 heteroatoms. The van der Waals surface area contributed by atoms with E-state index >= 15 is 0 Å². The quantitative estimate of drug-likeness (QED) is 0.908. The molecule has 1 aliphatic rings. The molecule has 0 saturated carbocycles. The van der Waals surface area contributed by atoms with Gasteiger partial charge in [0.05, 0.1) is 5.56 Å². The second-order valence-electron chi connectivity index (χ2n) is 5.23. The Bertz CT molecular complexity index is 570. The van der Waals surface area contributed by atoms with Crippen molar-refractivity contribution in [3.05, 3.63) is 30.3 Å². The van der Waals surface area contributed by atoms with Crippen molar-refractivity contribution in [3.8, 4) is 11.1 Å². The smallest absolute Gasteiger partial charge is 0.147 e. The van der Waals surface area contributed by atoms with Crippen molar-refractivity contribution >= 4 is 22.4 Å². The molecule has 1 saturated heterocycles. The van der Waals surface area contributed by atoms with Crippen LogP contribution < -0.4 is 10.6 Å². The van der Waals surface area contributed by atoms with Crippen molar-refractivity contribution in [2.24, 2.45) is 5.92 Å². The van der Waals surface area contributed by atoms with Crippen LogP contribution >= 0.6 is 11.5 Å². The second kappa shape index (κ2) is 5.81. The van der Waals surface area contributed by atoms with Crippen molar-refractivity contribution in [3.63, 3.8) is 0 Å². The molecule has 1 aromatic carbocycles. The minimum atomic E-state index is 0.273. The lowest BCUT2D eigenvalue weighted by Gasteiger charge is -2.18. The van der Waals surface area contributed by atoms with Crippen LogP contribution in [0, 0.1) is 5.92 Å². The molecule has 4 nitrogen and oxygen atoms in total. The molecular formula is C15H19N3OS. The van der Waals surface area contributed by atoms with Crippen LogP contribution in [0.15, 0.2) is 30.3 Å². The fourth-order valence-electron chi connectivity index (χ4n) is 2.82. The Morgan fingerprint density at radius 1 is 1.35 bits per heavy atom. The van der Waals surface area contributed by atoms with E-state index in [-0.39, 0.29) is 6.61 Å². The summed E-state index contributed by atoms with van der Waals surface area (Å²) >= 11 is 1.48. The van der Waals surface area contributed by atoms with E-state index in [4.69, 9.17) is 10.8 Å². The molecule has 1 atom stereocenters. The predicted molar refractivity (Wildman–Crippen MR) is 84.0 cm³/mol. The molecule has 1 aromatic heterocycles. The van der Waals surface area contributed by atoms with Gasteiger partial charge < -0.3 is 15.7 Å². The first-order valence-electron chi connectivity index (χ1n) is 6.96. The summed E-state index contributed by atoms with van der Waals surface area (Å²) in [4.78, 5) is 2.36. The molecule has 2 aromatic rings. The van der Waals surface area contributed by atoms with E-state index in [0.29, 0.717) is 11.7 Å². The molecule has 1 unspecified atom stereocenters. The highest BCUT2D eigenvalue weighted by atomic mass is 32.1. The Morgan fingerprint density at radius 3 is 2.90 bits per heavy atom. The third-order valence-electron chi connectivity index (χ3n) is 3.87. The van der Waals surface area contributed by atoms with Gasteiger partial charge in [-0.2, -0.15) is 4.37 Å². The summed E-state index contributed by atoms with van der Waals surface area (Å²) in [6.07, 6.45) is 2.01. The van der Waals surface area contributed by atoms with Crippen LogP contribution in [0.25, 0.3) is 11.1 Å². The molecule has 1 aliphatic heterocycles. The van der Waals surface area contributed by atoms with Crippen molar-refractivity contribution in [1.82, 2.24) is 4.37 Å². The normalized spacial score (nSPS) is 18.6. The molecule has 0 amide bonds. The maximum absolute atomic E-state index is 9.07. The third-order valence-corrected chi connectivity index (χ3v) is 4.80. The first-order chi connectivity index (χ1) is 9.79. The van der Waals surface area contributed by atoms with Gasteiger partial charge in [-0.15, -0.1) is 0 Å². The number of nitrogens with zero attached hydrogens (tertiary/aromatic N) is 2. The van der Waals surface area contributed by atoms with Crippen LogP contribution in [-0.4, -0.2) is 29.2 Å². The van der Waals surface area contributed by atoms with E-state index in [0.717, 1.165) is 42.1 Å². The number of benzene rings is 1. The van der Waals surface area contributed by atoms with Gasteiger partial charge in [0.2, 0.25) is 0 Å². The summed E-state index contributed by atoms with van der Waals surface area (Å²) in [6, 6.07) is 10.2. The lowest BCUT2D eigenvalue weighted by molar-refractivity contribution is 0.263. The van der Waals surface area contributed by atoms with Crippen molar-refractivity contribution in [1.29, 1.82) is 0 Å². The average molecular weight is 289 g/mol. The molecule has 0 spiro atoms. The molecule has 2 heterocycles. The number of aliphatic hydroxyl groups excluding tert-OH is 1. The second-order valence-corrected chi connectivity index (χ2v) is 5.98. The van der Waals surface area contributed by atoms with Crippen LogP contribution in [0.5, 0.6) is 0 Å². The molecule has 20 heavy (non-hydrogen) atoms. The Hall–Kier alpha value is -1.59. The van der Waals surface area contributed by atoms with Gasteiger partial charge in [0.1, 0.15) is 10.8 Å². The standard InChI is InChI=1S/C15H19N3OS/c16-14-13(12-4-2-1-3-5-12)15(20-17-14)18-8-6-11(10-18)7-9-19/h1-5,11,19H,6-10H2,(H2,16,17). The average Bonchev–Trinajstić information content (AvgIpc) is 3.07. The maximum Gasteiger partial charge on any atom is 0.147 e. The minimum absolute atomic E-state index is 0.273. The van der Waals surface area contributed by atoms with Crippen LogP contribution in [0.2, 0.25) is 0 Å². The highest BCUT2D eigenvalue weighted by Crippen LogP contribution is 2.41. The number of aromatic nitrogens is 1. The fourth-order valence-corrected chi connectivity index (χ4v) is 3.69. The van der Waals surface area contributed by atoms with Gasteiger partial charge >= 0.3 is 0 Å². The number of anilines is 2. The predicted octanol–water partition coefficient (Wildman–Crippen LogP) is 2.60. The first kappa shape index (κ1) is 13.4. The van der Waals surface area contributed by atoms with Crippen LogP contribution in [0.1, 0.15) is 12.8 Å². The van der Waals surface area contributed by atoms with Gasteiger partial charge in [0.15, 0.2) is 0 Å². The van der Waals surface area contributed by atoms with E-state index in [2.05, 4.69) is 21.4 Å². The number of nitrogen functional groups attached to an aromatic ring is 1. The zero-order valence-electron chi connectivity index (χ0n) is 11.3. The highest BCUT2D eigenvalue weighted by Gasteiger charge is 2.26. The number of hydrogen-bond donors (Lipinski definition) is 2. The lowest BCUT2D eigenvalue weighted by Crippen LogP contribution is -2.19. The van der Waals surface area contributed by atoms with Crippen molar-refractivity contribution < 1.29 is 5.11 Å². The number of hydrogen-bond acceptors (Lipinski definition) is 5. The monoisotopic (exact) mass is 289 g/mol. The largest absolute Gasteiger partial charge is 0.396 e. The zero-order valence-corrected chi connectivity index (χ0v) is 12.1. The molecule has 106 valence electrons. The SMILES string of the molecule is Nc1nsc(N2CCC(CCO)C2)c1-c1ccccc1. The van der Waals surface area contributed by atoms with Gasteiger partial charge in [-0.25, -0.2) is 0 Å². The van der Waals surface area contributed by atoms with E-state index in [1.165, 1.54) is 11.5 Å². The van der Waals surface area contributed by atoms with Crippen LogP contribution in [0.4, 0.5) is 10.8 Å². The molecule has 0 bridgehead atoms. The molecule has 0 radical (unpaired) electrons. The van der Waals surface area contributed by atoms with Crippen molar-refractivity contribution in [2.45, 2.75) is 12.8 Å². The Labute approximate surface area is 123 Å². The third kappa shape index (κ3) is 2.51. The maximum atomic E-state index is 9.07. The first-order valence-corrected chi connectivity index (χ1v) is 7.73. The molecule has 3 rings (SSSR count). The molecular weight excluding hydrogens is 270 g/mol. The fraction of sp³-hybridized carbons (Fsp3) is 0.400. The van der Waals surface area contributed by atoms with Gasteiger partial charge in [-0.05, 0) is 35.9 Å². The topological polar surface area (TPSA) is 62.4 Å². The van der Waals surface area contributed by atoms with Crippen molar-refractivity contribution in [2.75, 3.05) is 30.3 Å². The van der Waals surface area contributed by atoms with E-state index in [1.54, 1.807) is 0 Å². The molecule has 1 fully saturated rings. The molecule has 3 N–H and O–H groups in total. The van der Waals surface area contributed by atoms with Crippen LogP contribution in [0.3, 0.4) is 0 Å². The summed E-state index contributed by atoms with van der Waals surface area (Å²) in [6.45, 7) is 2.28. The summed E-state index contributed by atoms with van der Waals surface area (Å²) in [5.74, 6) is 1.19. The summed E-state index contributed by atoms with van der Waals surface area (Å²) < 4.78 is 4.34. The van der Waals surface area contributed by atoms with Gasteiger partial charge in [-0.3, -0.25) is 0 Å². The van der Waals surface area contributed by atoms with Gasteiger partial charge in [0.25, 0.3) is 0 Å². The zero-order chi connectivity index (χ0) is 13.9. The van der Waals surface area contributed by atoms with Crippen LogP contribution in [-0.2, 0) is 0 Å². The highest BCUT2D eigenvalue weighted by molar-refractivity contribution is 7.11. The Kier molecular flexibility index (Phi) is 3.89. The lowest BCUT2D eigenvalue weighted by atomic mass is 10.1. The van der Waals surface area contributed by atoms with Gasteiger partial charge in [0, 0.05) is 19.7 Å². The number of aliphatic hydroxyl groups is 1. The summed E-state index contributed by atoms with van der Waals surface area (Å²) in [5, 5.41) is 10.2. The van der Waals surface area contributed by atoms with E-state index in [9.17, 15) is 0 Å². The number of rotatable bonds is 4. The Morgan fingerprint density at radius 2 is 2.15 bits per heavy atom. The summed E-state index contributed by atoms with van der Waals surface area (Å²) in [5.41, 5.74) is 8.25. The van der Waals surface area contributed by atoms with E-state index < -0.39 is 0 Å². The number of nitrogens with two attached hydrogens (primary N) is 1. The van der Waals surface area contributed by atoms with Gasteiger partial charge in [-0.1, -0.05) is 30.3 Å².